The summed E-state index contributed by atoms with van der Waals surface area (Å²) in [5.74, 6) is -0.886. The van der Waals surface area contributed by atoms with Crippen molar-refractivity contribution in [2.75, 3.05) is 13.2 Å². The molecule has 0 N–H and O–H groups in total. The molecule has 368 valence electrons. The second-order valence-corrected chi connectivity index (χ2v) is 18.5. The van der Waals surface area contributed by atoms with E-state index >= 15 is 0 Å². The minimum Gasteiger partial charge on any atom is -0.462 e. The van der Waals surface area contributed by atoms with Crippen LogP contribution < -0.4 is 0 Å². The minimum atomic E-state index is -0.778. The molecule has 63 heavy (non-hydrogen) atoms. The van der Waals surface area contributed by atoms with Gasteiger partial charge in [-0.3, -0.25) is 14.4 Å². The van der Waals surface area contributed by atoms with E-state index in [4.69, 9.17) is 14.2 Å². The van der Waals surface area contributed by atoms with Gasteiger partial charge in [-0.25, -0.2) is 0 Å². The third-order valence-electron chi connectivity index (χ3n) is 12.1. The summed E-state index contributed by atoms with van der Waals surface area (Å²) in [6.07, 6.45) is 61.2. The van der Waals surface area contributed by atoms with Crippen LogP contribution in [0.25, 0.3) is 0 Å². The summed E-state index contributed by atoms with van der Waals surface area (Å²) in [5, 5.41) is 0. The number of hydrogen-bond donors (Lipinski definition) is 0. The molecular weight excluding hydrogens is 781 g/mol. The molecule has 0 heterocycles. The lowest BCUT2D eigenvalue weighted by molar-refractivity contribution is -0.167. The molecule has 6 nitrogen and oxygen atoms in total. The molecule has 1 unspecified atom stereocenters. The first-order chi connectivity index (χ1) is 31.0. The third-order valence-corrected chi connectivity index (χ3v) is 12.1. The fourth-order valence-corrected chi connectivity index (χ4v) is 7.94. The first-order valence-electron chi connectivity index (χ1n) is 27.5. The number of carbonyl (C=O) groups is 3. The van der Waals surface area contributed by atoms with Gasteiger partial charge < -0.3 is 14.2 Å². The number of carbonyl (C=O) groups excluding carboxylic acids is 3. The number of esters is 3. The summed E-state index contributed by atoms with van der Waals surface area (Å²) in [5.41, 5.74) is 0. The Kier molecular flexibility index (Phi) is 50.3. The Labute approximate surface area is 391 Å². The highest BCUT2D eigenvalue weighted by Gasteiger charge is 2.19. The highest BCUT2D eigenvalue weighted by Crippen LogP contribution is 2.15. The zero-order valence-corrected chi connectivity index (χ0v) is 42.1. The maximum absolute atomic E-state index is 12.8. The first kappa shape index (κ1) is 60.6. The molecule has 0 fully saturated rings. The van der Waals surface area contributed by atoms with Crippen LogP contribution in [0.5, 0.6) is 0 Å². The van der Waals surface area contributed by atoms with E-state index in [1.807, 2.05) is 0 Å². The molecule has 0 radical (unpaired) electrons. The standard InChI is InChI=1S/C57H104O6/c1-4-7-10-13-16-19-22-25-27-29-32-35-38-41-44-47-50-56(59)62-53-54(52-61-55(58)49-46-43-40-37-34-31-24-21-18-15-12-9-6-3)63-57(60)51-48-45-42-39-36-33-30-28-26-23-20-17-14-11-8-5-2/h19,22,27-30,54H,4-18,20-21,23-26,31-53H2,1-3H3/b22-19-,29-27-,30-28-. The van der Waals surface area contributed by atoms with Crippen LogP contribution in [-0.4, -0.2) is 37.2 Å². The van der Waals surface area contributed by atoms with Gasteiger partial charge in [0.05, 0.1) is 0 Å². The largest absolute Gasteiger partial charge is 0.462 e. The molecular formula is C57H104O6. The zero-order chi connectivity index (χ0) is 45.8. The van der Waals surface area contributed by atoms with E-state index in [9.17, 15) is 14.4 Å². The van der Waals surface area contributed by atoms with E-state index in [1.54, 1.807) is 0 Å². The molecule has 0 aromatic heterocycles. The minimum absolute atomic E-state index is 0.0768. The fraction of sp³-hybridized carbons (Fsp3) is 0.842. The summed E-state index contributed by atoms with van der Waals surface area (Å²) in [6, 6.07) is 0. The van der Waals surface area contributed by atoms with E-state index < -0.39 is 6.10 Å². The first-order valence-corrected chi connectivity index (χ1v) is 27.5. The third kappa shape index (κ3) is 50.5. The van der Waals surface area contributed by atoms with Crippen LogP contribution in [0.3, 0.4) is 0 Å². The van der Waals surface area contributed by atoms with Gasteiger partial charge in [-0.2, -0.15) is 0 Å². The van der Waals surface area contributed by atoms with E-state index in [1.165, 1.54) is 167 Å². The van der Waals surface area contributed by atoms with Gasteiger partial charge in [-0.05, 0) is 77.0 Å². The summed E-state index contributed by atoms with van der Waals surface area (Å²) in [7, 11) is 0. The van der Waals surface area contributed by atoms with Gasteiger partial charge in [0, 0.05) is 19.3 Å². The van der Waals surface area contributed by atoms with E-state index in [2.05, 4.69) is 57.2 Å². The van der Waals surface area contributed by atoms with Gasteiger partial charge in [0.1, 0.15) is 13.2 Å². The monoisotopic (exact) mass is 885 g/mol. The molecule has 0 aliphatic rings. The van der Waals surface area contributed by atoms with Crippen molar-refractivity contribution in [2.45, 2.75) is 297 Å². The van der Waals surface area contributed by atoms with Crippen molar-refractivity contribution in [3.63, 3.8) is 0 Å². The molecule has 0 aliphatic heterocycles. The number of allylic oxidation sites excluding steroid dienone is 6. The lowest BCUT2D eigenvalue weighted by atomic mass is 10.0. The summed E-state index contributed by atoms with van der Waals surface area (Å²) in [6.45, 7) is 6.63. The normalized spacial score (nSPS) is 12.2. The van der Waals surface area contributed by atoms with E-state index in [-0.39, 0.29) is 31.1 Å². The second kappa shape index (κ2) is 52.3. The van der Waals surface area contributed by atoms with Crippen molar-refractivity contribution in [3.8, 4) is 0 Å². The number of unbranched alkanes of at least 4 members (excludes halogenated alkanes) is 33. The predicted molar refractivity (Wildman–Crippen MR) is 270 cm³/mol. The average Bonchev–Trinajstić information content (AvgIpc) is 3.28. The highest BCUT2D eigenvalue weighted by molar-refractivity contribution is 5.71. The Hall–Kier alpha value is -2.37. The van der Waals surface area contributed by atoms with Crippen LogP contribution in [0.2, 0.25) is 0 Å². The Morgan fingerprint density at radius 3 is 0.905 bits per heavy atom. The molecule has 0 aliphatic carbocycles. The van der Waals surface area contributed by atoms with Gasteiger partial charge in [0.25, 0.3) is 0 Å². The van der Waals surface area contributed by atoms with Crippen molar-refractivity contribution in [2.24, 2.45) is 0 Å². The Balaban J connectivity index is 4.38. The lowest BCUT2D eigenvalue weighted by Crippen LogP contribution is -2.30. The molecule has 0 saturated carbocycles. The summed E-state index contributed by atoms with van der Waals surface area (Å²) < 4.78 is 16.8. The van der Waals surface area contributed by atoms with Gasteiger partial charge >= 0.3 is 17.9 Å². The van der Waals surface area contributed by atoms with Crippen molar-refractivity contribution in [1.82, 2.24) is 0 Å². The maximum atomic E-state index is 12.8. The summed E-state index contributed by atoms with van der Waals surface area (Å²) >= 11 is 0. The van der Waals surface area contributed by atoms with Crippen molar-refractivity contribution in [3.05, 3.63) is 36.5 Å². The van der Waals surface area contributed by atoms with Crippen LogP contribution >= 0.6 is 0 Å². The number of rotatable bonds is 50. The molecule has 0 aromatic carbocycles. The van der Waals surface area contributed by atoms with Crippen LogP contribution in [0, 0.1) is 0 Å². The zero-order valence-electron chi connectivity index (χ0n) is 42.1. The topological polar surface area (TPSA) is 78.9 Å². The second-order valence-electron chi connectivity index (χ2n) is 18.5. The molecule has 6 heteroatoms. The number of ether oxygens (including phenoxy) is 3. The molecule has 1 atom stereocenters. The smallest absolute Gasteiger partial charge is 0.306 e. The molecule has 0 bridgehead atoms. The van der Waals surface area contributed by atoms with Crippen molar-refractivity contribution >= 4 is 17.9 Å². The Morgan fingerprint density at radius 2 is 0.571 bits per heavy atom. The maximum Gasteiger partial charge on any atom is 0.306 e. The molecule has 0 amide bonds. The lowest BCUT2D eigenvalue weighted by Gasteiger charge is -2.18. The van der Waals surface area contributed by atoms with Crippen LogP contribution in [0.4, 0.5) is 0 Å². The van der Waals surface area contributed by atoms with Gasteiger partial charge in [-0.15, -0.1) is 0 Å². The fourth-order valence-electron chi connectivity index (χ4n) is 7.94. The van der Waals surface area contributed by atoms with Crippen molar-refractivity contribution in [1.29, 1.82) is 0 Å². The van der Waals surface area contributed by atoms with Crippen LogP contribution in [-0.2, 0) is 28.6 Å². The Bertz CT molecular complexity index is 1060. The van der Waals surface area contributed by atoms with E-state index in [0.29, 0.717) is 19.3 Å². The quantitative estimate of drug-likeness (QED) is 0.0262. The average molecular weight is 885 g/mol. The van der Waals surface area contributed by atoms with Gasteiger partial charge in [0.15, 0.2) is 6.10 Å². The summed E-state index contributed by atoms with van der Waals surface area (Å²) in [4.78, 5) is 38.0. The predicted octanol–water partition coefficient (Wildman–Crippen LogP) is 18.1. The van der Waals surface area contributed by atoms with Crippen molar-refractivity contribution < 1.29 is 28.6 Å². The molecule has 0 saturated heterocycles. The van der Waals surface area contributed by atoms with Gasteiger partial charge in [0.2, 0.25) is 0 Å². The van der Waals surface area contributed by atoms with Crippen LogP contribution in [0.15, 0.2) is 36.5 Å². The molecule has 0 spiro atoms. The van der Waals surface area contributed by atoms with Gasteiger partial charge in [-0.1, -0.05) is 231 Å². The Morgan fingerprint density at radius 1 is 0.317 bits per heavy atom. The van der Waals surface area contributed by atoms with E-state index in [0.717, 1.165) is 83.5 Å². The molecule has 0 rings (SSSR count). The SMILES string of the molecule is CCCCCC/C=C\C/C=C\CCCCCCCC(=O)OCC(COC(=O)CCCCCCCCCCCCCCC)OC(=O)CCCCCCC/C=C\CCCCCCCCC. The highest BCUT2D eigenvalue weighted by atomic mass is 16.6. The molecule has 0 aromatic rings. The van der Waals surface area contributed by atoms with Crippen LogP contribution in [0.1, 0.15) is 290 Å². The number of hydrogen-bond acceptors (Lipinski definition) is 6.